The van der Waals surface area contributed by atoms with Gasteiger partial charge in [0.2, 0.25) is 15.9 Å². The predicted molar refractivity (Wildman–Crippen MR) is 98.0 cm³/mol. The minimum absolute atomic E-state index is 0.0204. The van der Waals surface area contributed by atoms with Gasteiger partial charge < -0.3 is 9.88 Å². The van der Waals surface area contributed by atoms with E-state index in [4.69, 9.17) is 11.6 Å². The zero-order valence-electron chi connectivity index (χ0n) is 14.4. The highest BCUT2D eigenvalue weighted by Crippen LogP contribution is 2.25. The van der Waals surface area contributed by atoms with Gasteiger partial charge in [-0.05, 0) is 43.5 Å². The van der Waals surface area contributed by atoms with E-state index in [2.05, 4.69) is 10.3 Å². The van der Waals surface area contributed by atoms with Crippen molar-refractivity contribution < 1.29 is 13.2 Å². The molecule has 26 heavy (non-hydrogen) atoms. The maximum absolute atomic E-state index is 13.3. The molecule has 140 valence electrons. The van der Waals surface area contributed by atoms with Crippen molar-refractivity contribution in [3.63, 3.8) is 0 Å². The van der Waals surface area contributed by atoms with E-state index >= 15 is 0 Å². The second-order valence-corrected chi connectivity index (χ2v) is 8.59. The molecule has 0 unspecified atom stereocenters. The fourth-order valence-electron chi connectivity index (χ4n) is 2.99. The molecule has 3 rings (SSSR count). The summed E-state index contributed by atoms with van der Waals surface area (Å²) in [6, 6.07) is 5.20. The number of sulfonamides is 1. The summed E-state index contributed by atoms with van der Waals surface area (Å²) in [7, 11) is -2.10. The maximum Gasteiger partial charge on any atom is 0.244 e. The van der Waals surface area contributed by atoms with Crippen molar-refractivity contribution in [2.24, 2.45) is 7.05 Å². The van der Waals surface area contributed by atoms with Crippen LogP contribution in [0.15, 0.2) is 41.6 Å². The van der Waals surface area contributed by atoms with Crippen LogP contribution in [0.5, 0.6) is 0 Å². The van der Waals surface area contributed by atoms with E-state index in [0.29, 0.717) is 23.8 Å². The minimum Gasteiger partial charge on any atom is -0.355 e. The SMILES string of the molecule is Cn1ccnc1CN([C@@H]1CCCCNC1=O)S(=O)(=O)c1ccc(Cl)cc1. The zero-order chi connectivity index (χ0) is 18.7. The quantitative estimate of drug-likeness (QED) is 0.836. The van der Waals surface area contributed by atoms with Gasteiger partial charge in [0.1, 0.15) is 11.9 Å². The van der Waals surface area contributed by atoms with Crippen LogP contribution in [0.4, 0.5) is 0 Å². The van der Waals surface area contributed by atoms with Gasteiger partial charge in [0, 0.05) is 31.0 Å². The number of imidazole rings is 1. The largest absolute Gasteiger partial charge is 0.355 e. The van der Waals surface area contributed by atoms with Crippen LogP contribution in [-0.2, 0) is 28.4 Å². The number of nitrogens with zero attached hydrogens (tertiary/aromatic N) is 3. The number of amides is 1. The molecule has 1 amide bonds. The maximum atomic E-state index is 13.3. The first-order valence-electron chi connectivity index (χ1n) is 8.41. The Bertz CT molecular complexity index is 880. The topological polar surface area (TPSA) is 84.3 Å². The Kier molecular flexibility index (Phi) is 5.64. The molecule has 1 saturated heterocycles. The fourth-order valence-corrected chi connectivity index (χ4v) is 4.69. The van der Waals surface area contributed by atoms with E-state index in [1.807, 2.05) is 0 Å². The van der Waals surface area contributed by atoms with Gasteiger partial charge in [-0.3, -0.25) is 4.79 Å². The van der Waals surface area contributed by atoms with Crippen molar-refractivity contribution in [3.8, 4) is 0 Å². The highest BCUT2D eigenvalue weighted by Gasteiger charge is 2.37. The molecule has 1 fully saturated rings. The number of halogens is 1. The molecule has 2 heterocycles. The van der Waals surface area contributed by atoms with Crippen LogP contribution in [-0.4, -0.2) is 40.8 Å². The van der Waals surface area contributed by atoms with E-state index in [-0.39, 0.29) is 17.3 Å². The predicted octanol–water partition coefficient (Wildman–Crippen LogP) is 1.93. The van der Waals surface area contributed by atoms with Gasteiger partial charge in [-0.2, -0.15) is 4.31 Å². The Morgan fingerprint density at radius 3 is 2.69 bits per heavy atom. The number of hydrogen-bond acceptors (Lipinski definition) is 4. The molecular formula is C17H21ClN4O3S. The van der Waals surface area contributed by atoms with Gasteiger partial charge in [0.15, 0.2) is 0 Å². The van der Waals surface area contributed by atoms with Crippen molar-refractivity contribution in [2.45, 2.75) is 36.7 Å². The molecule has 2 aromatic rings. The number of aromatic nitrogens is 2. The Labute approximate surface area is 158 Å². The summed E-state index contributed by atoms with van der Waals surface area (Å²) < 4.78 is 29.6. The van der Waals surface area contributed by atoms with Crippen LogP contribution in [0.3, 0.4) is 0 Å². The molecule has 1 aromatic heterocycles. The van der Waals surface area contributed by atoms with Gasteiger partial charge in [0.25, 0.3) is 0 Å². The summed E-state index contributed by atoms with van der Waals surface area (Å²) in [4.78, 5) is 16.9. The Morgan fingerprint density at radius 2 is 2.04 bits per heavy atom. The normalized spacial score (nSPS) is 18.6. The van der Waals surface area contributed by atoms with E-state index in [1.54, 1.807) is 24.0 Å². The van der Waals surface area contributed by atoms with E-state index < -0.39 is 16.1 Å². The Balaban J connectivity index is 2.02. The summed E-state index contributed by atoms with van der Waals surface area (Å²) in [5.74, 6) is 0.300. The minimum atomic E-state index is -3.90. The molecule has 0 spiro atoms. The summed E-state index contributed by atoms with van der Waals surface area (Å²) in [5, 5.41) is 3.26. The van der Waals surface area contributed by atoms with E-state index in [0.717, 1.165) is 12.8 Å². The molecule has 7 nitrogen and oxygen atoms in total. The molecule has 1 aliphatic rings. The Morgan fingerprint density at radius 1 is 1.31 bits per heavy atom. The standard InChI is InChI=1S/C17H21ClN4O3S/c1-21-11-10-19-16(21)12-22(15-4-2-3-9-20-17(15)23)26(24,25)14-7-5-13(18)6-8-14/h5-8,10-11,15H,2-4,9,12H2,1H3,(H,20,23)/t15-/m1/s1. The first-order chi connectivity index (χ1) is 12.4. The lowest BCUT2D eigenvalue weighted by atomic mass is 10.1. The van der Waals surface area contributed by atoms with Crippen LogP contribution in [0.25, 0.3) is 0 Å². The first kappa shape index (κ1) is 18.9. The molecule has 1 aliphatic heterocycles. The van der Waals surface area contributed by atoms with Gasteiger partial charge in [-0.25, -0.2) is 13.4 Å². The van der Waals surface area contributed by atoms with Crippen LogP contribution < -0.4 is 5.32 Å². The van der Waals surface area contributed by atoms with Crippen molar-refractivity contribution in [2.75, 3.05) is 6.54 Å². The summed E-state index contributed by atoms with van der Waals surface area (Å²) in [5.41, 5.74) is 0. The smallest absolute Gasteiger partial charge is 0.244 e. The number of rotatable bonds is 5. The molecule has 1 N–H and O–H groups in total. The van der Waals surface area contributed by atoms with E-state index in [9.17, 15) is 13.2 Å². The number of benzene rings is 1. The van der Waals surface area contributed by atoms with Gasteiger partial charge >= 0.3 is 0 Å². The number of nitrogens with one attached hydrogen (secondary N) is 1. The van der Waals surface area contributed by atoms with Crippen LogP contribution >= 0.6 is 11.6 Å². The zero-order valence-corrected chi connectivity index (χ0v) is 16.0. The van der Waals surface area contributed by atoms with Crippen LogP contribution in [0, 0.1) is 0 Å². The second kappa shape index (κ2) is 7.77. The van der Waals surface area contributed by atoms with Crippen LogP contribution in [0.1, 0.15) is 25.1 Å². The fraction of sp³-hybridized carbons (Fsp3) is 0.412. The third kappa shape index (κ3) is 3.92. The third-order valence-corrected chi connectivity index (χ3v) is 6.61. The molecule has 1 aromatic carbocycles. The number of hydrogen-bond donors (Lipinski definition) is 1. The summed E-state index contributed by atoms with van der Waals surface area (Å²) >= 11 is 5.88. The third-order valence-electron chi connectivity index (χ3n) is 4.49. The molecule has 9 heteroatoms. The lowest BCUT2D eigenvalue weighted by Gasteiger charge is -2.28. The molecule has 0 bridgehead atoms. The van der Waals surface area contributed by atoms with E-state index in [1.165, 1.54) is 28.6 Å². The molecular weight excluding hydrogens is 376 g/mol. The molecule has 0 aliphatic carbocycles. The molecule has 1 atom stereocenters. The summed E-state index contributed by atoms with van der Waals surface area (Å²) in [6.45, 7) is 0.582. The van der Waals surface area contributed by atoms with Crippen LogP contribution in [0.2, 0.25) is 5.02 Å². The van der Waals surface area contributed by atoms with Gasteiger partial charge in [-0.15, -0.1) is 0 Å². The lowest BCUT2D eigenvalue weighted by molar-refractivity contribution is -0.124. The van der Waals surface area contributed by atoms with Crippen molar-refractivity contribution in [1.29, 1.82) is 0 Å². The molecule has 0 saturated carbocycles. The number of carbonyl (C=O) groups is 1. The second-order valence-electron chi connectivity index (χ2n) is 6.26. The van der Waals surface area contributed by atoms with Gasteiger partial charge in [-0.1, -0.05) is 11.6 Å². The highest BCUT2D eigenvalue weighted by atomic mass is 35.5. The van der Waals surface area contributed by atoms with Crippen molar-refractivity contribution in [3.05, 3.63) is 47.5 Å². The van der Waals surface area contributed by atoms with Gasteiger partial charge in [0.05, 0.1) is 11.4 Å². The Hall–Kier alpha value is -1.90. The number of carbonyl (C=O) groups excluding carboxylic acids is 1. The lowest BCUT2D eigenvalue weighted by Crippen LogP contribution is -2.48. The summed E-state index contributed by atoms with van der Waals surface area (Å²) in [6.07, 6.45) is 5.43. The first-order valence-corrected chi connectivity index (χ1v) is 10.2. The van der Waals surface area contributed by atoms with Crippen molar-refractivity contribution in [1.82, 2.24) is 19.2 Å². The molecule has 0 radical (unpaired) electrons. The monoisotopic (exact) mass is 396 g/mol. The average molecular weight is 397 g/mol. The van der Waals surface area contributed by atoms with Crippen molar-refractivity contribution >= 4 is 27.5 Å². The average Bonchev–Trinajstić information content (AvgIpc) is 2.89. The highest BCUT2D eigenvalue weighted by molar-refractivity contribution is 7.89. The number of aryl methyl sites for hydroxylation is 1.